The number of hydrogen-bond donors (Lipinski definition) is 4. The highest BCUT2D eigenvalue weighted by atomic mass is 35.5. The molecule has 0 radical (unpaired) electrons. The standard InChI is InChI=1S/C25H24ClFN4O4S2/c1-25(33,12-32)14-7-8-29-19(10-14)16-4-2-3-13-9-20(36-23(13)16)22(31-37(34,35)15-5-6-15)21-17(26)11-18(27)24(28)30-21/h2-4,7-11,15,22,31-33H,5-6,12H2,1H3,(H2,28,30)/t22-,25-/m0/s1. The minimum atomic E-state index is -3.69. The van der Waals surface area contributed by atoms with Gasteiger partial charge < -0.3 is 15.9 Å². The van der Waals surface area contributed by atoms with Gasteiger partial charge in [0.15, 0.2) is 11.6 Å². The van der Waals surface area contributed by atoms with Crippen LogP contribution < -0.4 is 10.5 Å². The van der Waals surface area contributed by atoms with E-state index in [1.54, 1.807) is 18.3 Å². The third-order valence-electron chi connectivity index (χ3n) is 6.32. The van der Waals surface area contributed by atoms with Crippen LogP contribution in [0.2, 0.25) is 5.02 Å². The minimum Gasteiger partial charge on any atom is -0.393 e. The Labute approximate surface area is 222 Å². The summed E-state index contributed by atoms with van der Waals surface area (Å²) >= 11 is 7.65. The number of nitrogens with zero attached hydrogens (tertiary/aromatic N) is 2. The summed E-state index contributed by atoms with van der Waals surface area (Å²) in [5.41, 5.74) is 6.21. The largest absolute Gasteiger partial charge is 0.393 e. The quantitative estimate of drug-likeness (QED) is 0.253. The van der Waals surface area contributed by atoms with E-state index in [9.17, 15) is 23.0 Å². The molecule has 12 heteroatoms. The van der Waals surface area contributed by atoms with Crippen LogP contribution in [0.1, 0.15) is 41.9 Å². The highest BCUT2D eigenvalue weighted by Gasteiger charge is 2.39. The second-order valence-electron chi connectivity index (χ2n) is 9.25. The molecule has 0 aliphatic heterocycles. The van der Waals surface area contributed by atoms with Crippen LogP contribution in [0.25, 0.3) is 21.3 Å². The molecule has 0 amide bonds. The lowest BCUT2D eigenvalue weighted by Gasteiger charge is -2.21. The minimum absolute atomic E-state index is 0.0477. The monoisotopic (exact) mass is 562 g/mol. The Kier molecular flexibility index (Phi) is 6.71. The van der Waals surface area contributed by atoms with Crippen molar-refractivity contribution in [1.82, 2.24) is 14.7 Å². The molecule has 0 bridgehead atoms. The van der Waals surface area contributed by atoms with Gasteiger partial charge in [-0.3, -0.25) is 4.98 Å². The molecule has 8 nitrogen and oxygen atoms in total. The number of aliphatic hydroxyl groups excluding tert-OH is 1. The summed E-state index contributed by atoms with van der Waals surface area (Å²) in [6.45, 7) is 1.05. The maximum atomic E-state index is 14.0. The van der Waals surface area contributed by atoms with E-state index in [1.807, 2.05) is 24.3 Å². The lowest BCUT2D eigenvalue weighted by molar-refractivity contribution is -0.00230. The molecule has 1 aliphatic carbocycles. The first-order valence-corrected chi connectivity index (χ1v) is 14.2. The van der Waals surface area contributed by atoms with Gasteiger partial charge in [-0.2, -0.15) is 0 Å². The molecule has 3 aromatic heterocycles. The molecule has 0 unspecified atom stereocenters. The molecule has 1 saturated carbocycles. The number of hydrogen-bond acceptors (Lipinski definition) is 8. The van der Waals surface area contributed by atoms with E-state index in [4.69, 9.17) is 17.3 Å². The maximum absolute atomic E-state index is 14.0. The Morgan fingerprint density at radius 3 is 2.76 bits per heavy atom. The molecular formula is C25H24ClFN4O4S2. The maximum Gasteiger partial charge on any atom is 0.215 e. The number of fused-ring (bicyclic) bond motifs is 1. The third-order valence-corrected chi connectivity index (χ3v) is 9.78. The van der Waals surface area contributed by atoms with Crippen molar-refractivity contribution in [2.75, 3.05) is 12.3 Å². The van der Waals surface area contributed by atoms with Crippen molar-refractivity contribution in [3.05, 3.63) is 75.6 Å². The summed E-state index contributed by atoms with van der Waals surface area (Å²) in [5.74, 6) is -1.17. The number of sulfonamides is 1. The molecule has 4 aromatic rings. The number of rotatable bonds is 8. The average Bonchev–Trinajstić information content (AvgIpc) is 3.65. The van der Waals surface area contributed by atoms with E-state index in [1.165, 1.54) is 18.3 Å². The van der Waals surface area contributed by atoms with Crippen LogP contribution in [0.4, 0.5) is 10.2 Å². The molecule has 0 saturated heterocycles. The van der Waals surface area contributed by atoms with Gasteiger partial charge in [0.05, 0.1) is 34.3 Å². The lowest BCUT2D eigenvalue weighted by Crippen LogP contribution is -2.32. The summed E-state index contributed by atoms with van der Waals surface area (Å²) in [6, 6.07) is 10.8. The molecule has 1 fully saturated rings. The van der Waals surface area contributed by atoms with E-state index >= 15 is 0 Å². The predicted molar refractivity (Wildman–Crippen MR) is 142 cm³/mol. The molecule has 3 heterocycles. The van der Waals surface area contributed by atoms with Gasteiger partial charge in [0, 0.05) is 21.3 Å². The van der Waals surface area contributed by atoms with E-state index in [2.05, 4.69) is 14.7 Å². The summed E-state index contributed by atoms with van der Waals surface area (Å²) in [5, 5.41) is 20.4. The van der Waals surface area contributed by atoms with E-state index in [0.717, 1.165) is 21.7 Å². The zero-order chi connectivity index (χ0) is 26.5. The van der Waals surface area contributed by atoms with E-state index < -0.39 is 39.3 Å². The first kappa shape index (κ1) is 26.0. The van der Waals surface area contributed by atoms with E-state index in [0.29, 0.717) is 29.0 Å². The lowest BCUT2D eigenvalue weighted by atomic mass is 9.96. The first-order chi connectivity index (χ1) is 17.5. The number of nitrogens with one attached hydrogen (secondary N) is 1. The Morgan fingerprint density at radius 1 is 1.30 bits per heavy atom. The summed E-state index contributed by atoms with van der Waals surface area (Å²) < 4.78 is 43.4. The summed E-state index contributed by atoms with van der Waals surface area (Å²) in [6.07, 6.45) is 2.68. The highest BCUT2D eigenvalue weighted by Crippen LogP contribution is 2.41. The number of aromatic nitrogens is 2. The second-order valence-corrected chi connectivity index (χ2v) is 12.7. The van der Waals surface area contributed by atoms with Crippen molar-refractivity contribution in [3.63, 3.8) is 0 Å². The molecule has 1 aromatic carbocycles. The normalized spacial score (nSPS) is 16.6. The number of benzene rings is 1. The second kappa shape index (κ2) is 9.57. The van der Waals surface area contributed by atoms with Crippen molar-refractivity contribution in [1.29, 1.82) is 0 Å². The van der Waals surface area contributed by atoms with Gasteiger partial charge in [-0.15, -0.1) is 11.3 Å². The zero-order valence-electron chi connectivity index (χ0n) is 19.6. The fourth-order valence-electron chi connectivity index (χ4n) is 4.02. The number of nitrogen functional groups attached to an aromatic ring is 1. The van der Waals surface area contributed by atoms with E-state index in [-0.39, 0.29) is 16.5 Å². The van der Waals surface area contributed by atoms with Crippen molar-refractivity contribution in [2.45, 2.75) is 36.7 Å². The highest BCUT2D eigenvalue weighted by molar-refractivity contribution is 7.90. The molecule has 1 aliphatic rings. The summed E-state index contributed by atoms with van der Waals surface area (Å²) in [7, 11) is -3.69. The number of halogens is 2. The molecule has 194 valence electrons. The fraction of sp³-hybridized carbons (Fsp3) is 0.280. The Bertz CT molecular complexity index is 1610. The van der Waals surface area contributed by atoms with Gasteiger partial charge in [0.2, 0.25) is 10.0 Å². The van der Waals surface area contributed by atoms with Crippen LogP contribution in [-0.4, -0.2) is 40.5 Å². The smallest absolute Gasteiger partial charge is 0.215 e. The number of thiophene rings is 1. The third kappa shape index (κ3) is 5.07. The fourth-order valence-corrected chi connectivity index (χ4v) is 7.09. The van der Waals surface area contributed by atoms with Gasteiger partial charge in [-0.05, 0) is 55.0 Å². The van der Waals surface area contributed by atoms with Crippen LogP contribution in [0.15, 0.2) is 48.7 Å². The Hall–Kier alpha value is -2.67. The zero-order valence-corrected chi connectivity index (χ0v) is 22.0. The molecular weight excluding hydrogens is 539 g/mol. The van der Waals surface area contributed by atoms with Crippen LogP contribution in [0, 0.1) is 5.82 Å². The van der Waals surface area contributed by atoms with Crippen molar-refractivity contribution in [3.8, 4) is 11.3 Å². The molecule has 37 heavy (non-hydrogen) atoms. The van der Waals surface area contributed by atoms with Crippen molar-refractivity contribution >= 4 is 48.9 Å². The van der Waals surface area contributed by atoms with Crippen LogP contribution in [0.5, 0.6) is 0 Å². The van der Waals surface area contributed by atoms with Crippen LogP contribution in [0.3, 0.4) is 0 Å². The topological polar surface area (TPSA) is 138 Å². The number of anilines is 1. The van der Waals surface area contributed by atoms with Gasteiger partial charge >= 0.3 is 0 Å². The average molecular weight is 563 g/mol. The molecule has 5 N–H and O–H groups in total. The van der Waals surface area contributed by atoms with Crippen LogP contribution >= 0.6 is 22.9 Å². The van der Waals surface area contributed by atoms with Crippen molar-refractivity contribution in [2.24, 2.45) is 0 Å². The van der Waals surface area contributed by atoms with Gasteiger partial charge in [0.25, 0.3) is 0 Å². The number of nitrogens with two attached hydrogens (primary N) is 1. The SMILES string of the molecule is C[C@](O)(CO)c1ccnc(-c2cccc3cc([C@H](NS(=O)(=O)C4CC4)c4nc(N)c(F)cc4Cl)sc23)c1. The van der Waals surface area contributed by atoms with Crippen LogP contribution in [-0.2, 0) is 15.6 Å². The van der Waals surface area contributed by atoms with Crippen molar-refractivity contribution < 1.29 is 23.0 Å². The Morgan fingerprint density at radius 2 is 2.05 bits per heavy atom. The molecule has 5 rings (SSSR count). The number of pyridine rings is 2. The predicted octanol–water partition coefficient (Wildman–Crippen LogP) is 4.10. The molecule has 0 spiro atoms. The molecule has 2 atom stereocenters. The van der Waals surface area contributed by atoms with Gasteiger partial charge in [-0.25, -0.2) is 22.5 Å². The Balaban J connectivity index is 1.65. The van der Waals surface area contributed by atoms with Gasteiger partial charge in [-0.1, -0.05) is 29.8 Å². The van der Waals surface area contributed by atoms with Gasteiger partial charge in [0.1, 0.15) is 5.60 Å². The summed E-state index contributed by atoms with van der Waals surface area (Å²) in [4.78, 5) is 9.14. The number of aliphatic hydroxyl groups is 2. The first-order valence-electron chi connectivity index (χ1n) is 11.5.